The Morgan fingerprint density at radius 3 is 2.62 bits per heavy atom. The van der Waals surface area contributed by atoms with Gasteiger partial charge in [-0.2, -0.15) is 15.0 Å². The van der Waals surface area contributed by atoms with E-state index in [2.05, 4.69) is 19.9 Å². The third kappa shape index (κ3) is 4.89. The van der Waals surface area contributed by atoms with Gasteiger partial charge in [-0.15, -0.1) is 11.3 Å². The molecule has 3 aromatic heterocycles. The quantitative estimate of drug-likeness (QED) is 0.389. The highest BCUT2D eigenvalue weighted by Crippen LogP contribution is 2.35. The molecule has 1 aliphatic rings. The van der Waals surface area contributed by atoms with E-state index in [1.54, 1.807) is 16.2 Å². The number of fused-ring (bicyclic) bond motifs is 3. The highest BCUT2D eigenvalue weighted by molar-refractivity contribution is 7.98. The summed E-state index contributed by atoms with van der Waals surface area (Å²) in [5.41, 5.74) is 7.18. The summed E-state index contributed by atoms with van der Waals surface area (Å²) >= 11 is 3.16. The molecule has 0 atom stereocenters. The van der Waals surface area contributed by atoms with Gasteiger partial charge in [0.2, 0.25) is 11.9 Å². The molecule has 0 spiro atoms. The Morgan fingerprint density at radius 2 is 1.88 bits per heavy atom. The van der Waals surface area contributed by atoms with E-state index in [9.17, 15) is 4.79 Å². The average molecular weight is 475 g/mol. The molecule has 0 bridgehead atoms. The van der Waals surface area contributed by atoms with Crippen molar-refractivity contribution in [3.05, 3.63) is 26.6 Å². The molecule has 0 saturated carbocycles. The van der Waals surface area contributed by atoms with Crippen molar-refractivity contribution in [2.24, 2.45) is 0 Å². The summed E-state index contributed by atoms with van der Waals surface area (Å²) in [6.45, 7) is 1.54. The number of nitrogen functional groups attached to an aromatic ring is 1. The van der Waals surface area contributed by atoms with Gasteiger partial charge in [-0.25, -0.2) is 4.98 Å². The van der Waals surface area contributed by atoms with Crippen molar-refractivity contribution in [3.63, 3.8) is 0 Å². The monoisotopic (exact) mass is 474 g/mol. The molecule has 0 fully saturated rings. The van der Waals surface area contributed by atoms with E-state index in [4.69, 9.17) is 10.7 Å². The van der Waals surface area contributed by atoms with Crippen molar-refractivity contribution >= 4 is 45.2 Å². The maximum absolute atomic E-state index is 13.6. The van der Waals surface area contributed by atoms with E-state index in [1.807, 2.05) is 32.8 Å². The molecule has 172 valence electrons. The summed E-state index contributed by atoms with van der Waals surface area (Å²) in [6.07, 6.45) is 5.24. The summed E-state index contributed by atoms with van der Waals surface area (Å²) in [6, 6.07) is 0. The minimum atomic E-state index is 0.0831. The Hall–Kier alpha value is -2.24. The topological polar surface area (TPSA) is 106 Å². The van der Waals surface area contributed by atoms with E-state index < -0.39 is 0 Å². The molecule has 0 aromatic carbocycles. The number of nitrogens with two attached hydrogens (primary N) is 1. The summed E-state index contributed by atoms with van der Waals surface area (Å²) in [5, 5.41) is 1.54. The van der Waals surface area contributed by atoms with Crippen molar-refractivity contribution in [2.45, 2.75) is 49.6 Å². The Morgan fingerprint density at radius 1 is 1.09 bits per heavy atom. The minimum Gasteiger partial charge on any atom is -0.368 e. The largest absolute Gasteiger partial charge is 0.368 e. The molecule has 1 aliphatic carbocycles. The molecule has 0 radical (unpaired) electrons. The minimum absolute atomic E-state index is 0.0831. The van der Waals surface area contributed by atoms with Crippen molar-refractivity contribution in [1.29, 1.82) is 0 Å². The fourth-order valence-corrected chi connectivity index (χ4v) is 6.07. The zero-order chi connectivity index (χ0) is 22.8. The predicted octanol–water partition coefficient (Wildman–Crippen LogP) is 2.41. The van der Waals surface area contributed by atoms with Crippen LogP contribution in [0, 0.1) is 0 Å². The fourth-order valence-electron chi connectivity index (χ4n) is 3.89. The Kier molecular flexibility index (Phi) is 6.96. The molecule has 0 unspecified atom stereocenters. The van der Waals surface area contributed by atoms with Crippen molar-refractivity contribution < 1.29 is 0 Å². The summed E-state index contributed by atoms with van der Waals surface area (Å²) < 4.78 is 1.84. The fraction of sp³-hybridized carbons (Fsp3) is 0.571. The molecule has 2 N–H and O–H groups in total. The molecule has 0 saturated heterocycles. The van der Waals surface area contributed by atoms with Gasteiger partial charge in [-0.05, 0) is 58.3 Å². The number of aryl methyl sites for hydroxylation is 2. The standard InChI is InChI=1S/C21H30N8OS2/c1-27(2)10-7-11-29-18(30)16-13-8-5-6-9-14(13)32-17(16)25-21(29)31-12-15-23-19(22)26-20(24-15)28(3)4/h5-12H2,1-4H3,(H2,22,23,24,26). The van der Waals surface area contributed by atoms with Gasteiger partial charge < -0.3 is 15.5 Å². The van der Waals surface area contributed by atoms with Gasteiger partial charge in [-0.1, -0.05) is 11.8 Å². The highest BCUT2D eigenvalue weighted by Gasteiger charge is 2.22. The summed E-state index contributed by atoms with van der Waals surface area (Å²) in [7, 11) is 7.82. The zero-order valence-electron chi connectivity index (χ0n) is 19.1. The number of thiophene rings is 1. The van der Waals surface area contributed by atoms with E-state index in [-0.39, 0.29) is 11.5 Å². The smallest absolute Gasteiger partial charge is 0.263 e. The number of anilines is 2. The van der Waals surface area contributed by atoms with Crippen LogP contribution in [0.3, 0.4) is 0 Å². The van der Waals surface area contributed by atoms with Crippen LogP contribution in [0.5, 0.6) is 0 Å². The summed E-state index contributed by atoms with van der Waals surface area (Å²) in [5.74, 6) is 1.75. The SMILES string of the molecule is CN(C)CCCn1c(SCc2nc(N)nc(N(C)C)n2)nc2sc3c(c2c1=O)CCCC3. The van der Waals surface area contributed by atoms with Crippen molar-refractivity contribution in [1.82, 2.24) is 29.4 Å². The van der Waals surface area contributed by atoms with Crippen LogP contribution < -0.4 is 16.2 Å². The summed E-state index contributed by atoms with van der Waals surface area (Å²) in [4.78, 5) is 37.6. The first-order chi connectivity index (χ1) is 15.3. The number of hydrogen-bond acceptors (Lipinski definition) is 10. The molecule has 4 rings (SSSR count). The molecule has 0 aliphatic heterocycles. The van der Waals surface area contributed by atoms with Crippen LogP contribution in [-0.2, 0) is 25.1 Å². The van der Waals surface area contributed by atoms with Gasteiger partial charge in [0.15, 0.2) is 5.16 Å². The first kappa shape index (κ1) is 22.9. The van der Waals surface area contributed by atoms with Crippen molar-refractivity contribution in [3.8, 4) is 0 Å². The van der Waals surface area contributed by atoms with Gasteiger partial charge in [0.05, 0.1) is 11.1 Å². The molecule has 9 nitrogen and oxygen atoms in total. The molecular weight excluding hydrogens is 444 g/mol. The molecular formula is C21H30N8OS2. The van der Waals surface area contributed by atoms with Gasteiger partial charge >= 0.3 is 0 Å². The molecule has 0 amide bonds. The molecule has 3 heterocycles. The molecule has 32 heavy (non-hydrogen) atoms. The second-order valence-electron chi connectivity index (χ2n) is 8.49. The number of nitrogens with zero attached hydrogens (tertiary/aromatic N) is 7. The zero-order valence-corrected chi connectivity index (χ0v) is 20.7. The van der Waals surface area contributed by atoms with Crippen LogP contribution >= 0.6 is 23.1 Å². The second kappa shape index (κ2) is 9.72. The highest BCUT2D eigenvalue weighted by atomic mass is 32.2. The average Bonchev–Trinajstić information content (AvgIpc) is 3.12. The molecule has 3 aromatic rings. The van der Waals surface area contributed by atoms with E-state index in [0.717, 1.165) is 42.4 Å². The number of aromatic nitrogens is 5. The number of hydrogen-bond donors (Lipinski definition) is 1. The number of thioether (sulfide) groups is 1. The first-order valence-electron chi connectivity index (χ1n) is 10.8. The number of rotatable bonds is 8. The molecule has 11 heteroatoms. The van der Waals surface area contributed by atoms with Crippen LogP contribution in [0.25, 0.3) is 10.2 Å². The Labute approximate surface area is 196 Å². The third-order valence-electron chi connectivity index (χ3n) is 5.44. The third-order valence-corrected chi connectivity index (χ3v) is 7.60. The maximum Gasteiger partial charge on any atom is 0.263 e. The lowest BCUT2D eigenvalue weighted by molar-refractivity contribution is 0.379. The van der Waals surface area contributed by atoms with E-state index in [1.165, 1.54) is 28.6 Å². The van der Waals surface area contributed by atoms with E-state index >= 15 is 0 Å². The first-order valence-corrected chi connectivity index (χ1v) is 12.6. The van der Waals surface area contributed by atoms with Crippen LogP contribution in [-0.4, -0.2) is 64.1 Å². The maximum atomic E-state index is 13.6. The van der Waals surface area contributed by atoms with Crippen LogP contribution in [0.2, 0.25) is 0 Å². The normalized spacial score (nSPS) is 13.7. The van der Waals surface area contributed by atoms with Gasteiger partial charge in [0.1, 0.15) is 10.7 Å². The van der Waals surface area contributed by atoms with Crippen LogP contribution in [0.1, 0.15) is 35.5 Å². The van der Waals surface area contributed by atoms with E-state index in [0.29, 0.717) is 29.2 Å². The van der Waals surface area contributed by atoms with Crippen molar-refractivity contribution in [2.75, 3.05) is 45.4 Å². The lowest BCUT2D eigenvalue weighted by atomic mass is 9.97. The Balaban J connectivity index is 1.69. The Bertz CT molecular complexity index is 1170. The van der Waals surface area contributed by atoms with Crippen LogP contribution in [0.15, 0.2) is 9.95 Å². The van der Waals surface area contributed by atoms with Gasteiger partial charge in [-0.3, -0.25) is 9.36 Å². The van der Waals surface area contributed by atoms with Gasteiger partial charge in [0.25, 0.3) is 5.56 Å². The predicted molar refractivity (Wildman–Crippen MR) is 132 cm³/mol. The lowest BCUT2D eigenvalue weighted by Gasteiger charge is -2.15. The lowest BCUT2D eigenvalue weighted by Crippen LogP contribution is -2.26. The van der Waals surface area contributed by atoms with Crippen LogP contribution in [0.4, 0.5) is 11.9 Å². The second-order valence-corrected chi connectivity index (χ2v) is 10.5. The van der Waals surface area contributed by atoms with Gasteiger partial charge in [0, 0.05) is 25.5 Å².